The zero-order chi connectivity index (χ0) is 14.8. The van der Waals surface area contributed by atoms with Gasteiger partial charge in [-0.3, -0.25) is 0 Å². The Balaban J connectivity index is 1.84. The van der Waals surface area contributed by atoms with Gasteiger partial charge in [-0.05, 0) is 45.2 Å². The number of rotatable bonds is 7. The van der Waals surface area contributed by atoms with Crippen LogP contribution < -0.4 is 5.32 Å². The Morgan fingerprint density at radius 3 is 2.95 bits per heavy atom. The molecule has 1 saturated carbocycles. The summed E-state index contributed by atoms with van der Waals surface area (Å²) in [4.78, 5) is 4.85. The quantitative estimate of drug-likeness (QED) is 0.796. The van der Waals surface area contributed by atoms with Gasteiger partial charge < -0.3 is 10.1 Å². The van der Waals surface area contributed by atoms with Crippen molar-refractivity contribution in [3.63, 3.8) is 0 Å². The predicted octanol–water partition coefficient (Wildman–Crippen LogP) is 2.59. The van der Waals surface area contributed by atoms with Gasteiger partial charge in [0.05, 0.1) is 11.4 Å². The van der Waals surface area contributed by atoms with E-state index in [0.29, 0.717) is 12.1 Å². The summed E-state index contributed by atoms with van der Waals surface area (Å²) in [5.41, 5.74) is 3.14. The number of hydrogen-bond donors (Lipinski definition) is 1. The topological polar surface area (TPSA) is 52.0 Å². The number of pyridine rings is 1. The smallest absolute Gasteiger partial charge is 0.158 e. The first-order valence-electron chi connectivity index (χ1n) is 7.78. The summed E-state index contributed by atoms with van der Waals surface area (Å²) in [7, 11) is 1.73. The second-order valence-corrected chi connectivity index (χ2v) is 5.92. The third-order valence-electron chi connectivity index (χ3n) is 4.03. The molecule has 1 aliphatic rings. The van der Waals surface area contributed by atoms with Crippen molar-refractivity contribution < 1.29 is 4.74 Å². The predicted molar refractivity (Wildman–Crippen MR) is 83.3 cm³/mol. The lowest BCUT2D eigenvalue weighted by molar-refractivity contribution is 0.189. The normalized spacial score (nSPS) is 16.5. The number of aryl methyl sites for hydroxylation is 2. The molecule has 1 atom stereocenters. The fourth-order valence-corrected chi connectivity index (χ4v) is 2.67. The van der Waals surface area contributed by atoms with Crippen molar-refractivity contribution in [2.24, 2.45) is 0 Å². The molecule has 2 aromatic heterocycles. The molecule has 114 valence electrons. The SMILES string of the molecule is COCCCn1nc(C)c2ccc(C(C)NC3CC3)nc21. The summed E-state index contributed by atoms with van der Waals surface area (Å²) < 4.78 is 7.13. The standard InChI is InChI=1S/C16H24N4O/c1-11-14-7-8-15(12(2)17-13-5-6-13)18-16(14)20(19-11)9-4-10-21-3/h7-8,12-13,17H,4-6,9-10H2,1-3H3. The number of nitrogens with one attached hydrogen (secondary N) is 1. The minimum Gasteiger partial charge on any atom is -0.385 e. The highest BCUT2D eigenvalue weighted by atomic mass is 16.5. The van der Waals surface area contributed by atoms with Crippen LogP contribution in [0.25, 0.3) is 11.0 Å². The molecular formula is C16H24N4O. The zero-order valence-corrected chi connectivity index (χ0v) is 13.1. The highest BCUT2D eigenvalue weighted by molar-refractivity contribution is 5.78. The van der Waals surface area contributed by atoms with Crippen LogP contribution in [-0.4, -0.2) is 34.5 Å². The average molecular weight is 288 g/mol. The Bertz CT molecular complexity index is 618. The van der Waals surface area contributed by atoms with Crippen LogP contribution in [-0.2, 0) is 11.3 Å². The number of ether oxygens (including phenoxy) is 1. The molecule has 0 amide bonds. The molecule has 0 spiro atoms. The van der Waals surface area contributed by atoms with Crippen LogP contribution in [0.2, 0.25) is 0 Å². The summed E-state index contributed by atoms with van der Waals surface area (Å²) in [5.74, 6) is 0. The molecule has 2 heterocycles. The minimum atomic E-state index is 0.296. The fraction of sp³-hybridized carbons (Fsp3) is 0.625. The molecule has 0 aliphatic heterocycles. The molecule has 2 aromatic rings. The lowest BCUT2D eigenvalue weighted by Gasteiger charge is -2.13. The maximum absolute atomic E-state index is 5.12. The number of nitrogens with zero attached hydrogens (tertiary/aromatic N) is 3. The summed E-state index contributed by atoms with van der Waals surface area (Å²) >= 11 is 0. The average Bonchev–Trinajstić information content (AvgIpc) is 3.24. The van der Waals surface area contributed by atoms with Crippen molar-refractivity contribution in [2.45, 2.75) is 51.7 Å². The maximum atomic E-state index is 5.12. The number of methoxy groups -OCH3 is 1. The summed E-state index contributed by atoms with van der Waals surface area (Å²) in [5, 5.41) is 9.36. The van der Waals surface area contributed by atoms with E-state index in [4.69, 9.17) is 9.72 Å². The van der Waals surface area contributed by atoms with Crippen LogP contribution in [0.4, 0.5) is 0 Å². The fourth-order valence-electron chi connectivity index (χ4n) is 2.67. The monoisotopic (exact) mass is 288 g/mol. The zero-order valence-electron chi connectivity index (χ0n) is 13.1. The van der Waals surface area contributed by atoms with E-state index in [-0.39, 0.29) is 0 Å². The highest BCUT2D eigenvalue weighted by Crippen LogP contribution is 2.25. The number of aromatic nitrogens is 3. The first kappa shape index (κ1) is 14.5. The molecule has 5 heteroatoms. The van der Waals surface area contributed by atoms with Crippen molar-refractivity contribution in [3.05, 3.63) is 23.5 Å². The van der Waals surface area contributed by atoms with E-state index in [1.165, 1.54) is 12.8 Å². The van der Waals surface area contributed by atoms with Gasteiger partial charge in [0.25, 0.3) is 0 Å². The van der Waals surface area contributed by atoms with E-state index in [2.05, 4.69) is 29.5 Å². The van der Waals surface area contributed by atoms with Gasteiger partial charge in [0.2, 0.25) is 0 Å². The molecule has 1 aliphatic carbocycles. The van der Waals surface area contributed by atoms with E-state index in [0.717, 1.165) is 42.0 Å². The van der Waals surface area contributed by atoms with Crippen molar-refractivity contribution in [1.82, 2.24) is 20.1 Å². The first-order chi connectivity index (χ1) is 10.2. The lowest BCUT2D eigenvalue weighted by Crippen LogP contribution is -2.21. The van der Waals surface area contributed by atoms with Gasteiger partial charge in [0, 0.05) is 37.7 Å². The minimum absolute atomic E-state index is 0.296. The Labute approximate surface area is 125 Å². The van der Waals surface area contributed by atoms with Crippen molar-refractivity contribution in [2.75, 3.05) is 13.7 Å². The molecular weight excluding hydrogens is 264 g/mol. The second-order valence-electron chi connectivity index (χ2n) is 5.92. The molecule has 21 heavy (non-hydrogen) atoms. The van der Waals surface area contributed by atoms with E-state index in [9.17, 15) is 0 Å². The summed E-state index contributed by atoms with van der Waals surface area (Å²) in [6, 6.07) is 5.25. The molecule has 1 fully saturated rings. The van der Waals surface area contributed by atoms with Crippen LogP contribution in [0.5, 0.6) is 0 Å². The third kappa shape index (κ3) is 3.24. The van der Waals surface area contributed by atoms with Crippen molar-refractivity contribution >= 4 is 11.0 Å². The number of hydrogen-bond acceptors (Lipinski definition) is 4. The van der Waals surface area contributed by atoms with Crippen LogP contribution in [0.1, 0.15) is 43.6 Å². The van der Waals surface area contributed by atoms with E-state index >= 15 is 0 Å². The molecule has 0 bridgehead atoms. The van der Waals surface area contributed by atoms with E-state index < -0.39 is 0 Å². The van der Waals surface area contributed by atoms with Crippen molar-refractivity contribution in [1.29, 1.82) is 0 Å². The van der Waals surface area contributed by atoms with Gasteiger partial charge in [0.1, 0.15) is 0 Å². The van der Waals surface area contributed by atoms with Gasteiger partial charge in [-0.25, -0.2) is 9.67 Å². The molecule has 5 nitrogen and oxygen atoms in total. The van der Waals surface area contributed by atoms with Crippen LogP contribution in [0, 0.1) is 6.92 Å². The Hall–Kier alpha value is -1.46. The molecule has 0 saturated heterocycles. The molecule has 0 aromatic carbocycles. The highest BCUT2D eigenvalue weighted by Gasteiger charge is 2.24. The summed E-state index contributed by atoms with van der Waals surface area (Å²) in [6.45, 7) is 5.83. The van der Waals surface area contributed by atoms with Gasteiger partial charge in [0.15, 0.2) is 5.65 Å². The molecule has 1 N–H and O–H groups in total. The van der Waals surface area contributed by atoms with Gasteiger partial charge in [-0.2, -0.15) is 5.10 Å². The lowest BCUT2D eigenvalue weighted by atomic mass is 10.2. The second kappa shape index (κ2) is 6.12. The Kier molecular flexibility index (Phi) is 4.22. The van der Waals surface area contributed by atoms with Gasteiger partial charge >= 0.3 is 0 Å². The van der Waals surface area contributed by atoms with Gasteiger partial charge in [-0.1, -0.05) is 0 Å². The van der Waals surface area contributed by atoms with E-state index in [1.807, 2.05) is 11.6 Å². The molecule has 0 radical (unpaired) electrons. The van der Waals surface area contributed by atoms with E-state index in [1.54, 1.807) is 7.11 Å². The summed E-state index contributed by atoms with van der Waals surface area (Å²) in [6.07, 6.45) is 3.54. The largest absolute Gasteiger partial charge is 0.385 e. The Morgan fingerprint density at radius 1 is 1.43 bits per heavy atom. The Morgan fingerprint density at radius 2 is 2.24 bits per heavy atom. The first-order valence-corrected chi connectivity index (χ1v) is 7.78. The van der Waals surface area contributed by atoms with Crippen LogP contribution >= 0.6 is 0 Å². The molecule has 1 unspecified atom stereocenters. The molecule has 3 rings (SSSR count). The number of fused-ring (bicyclic) bond motifs is 1. The van der Waals surface area contributed by atoms with Crippen LogP contribution in [0.3, 0.4) is 0 Å². The third-order valence-corrected chi connectivity index (χ3v) is 4.03. The van der Waals surface area contributed by atoms with Crippen LogP contribution in [0.15, 0.2) is 12.1 Å². The van der Waals surface area contributed by atoms with Gasteiger partial charge in [-0.15, -0.1) is 0 Å². The maximum Gasteiger partial charge on any atom is 0.158 e. The van der Waals surface area contributed by atoms with Crippen molar-refractivity contribution in [3.8, 4) is 0 Å².